The molecule has 0 fully saturated rings. The maximum Gasteiger partial charge on any atom is 0.160 e. The molecule has 4 aromatic rings. The quantitative estimate of drug-likeness (QED) is 0.454. The first-order valence-electron chi connectivity index (χ1n) is 8.96. The number of hydrogen-bond donors (Lipinski definition) is 2. The molecule has 0 amide bonds. The summed E-state index contributed by atoms with van der Waals surface area (Å²) in [5.41, 5.74) is 3.46. The normalized spacial score (nSPS) is 11.8. The molecule has 2 N–H and O–H groups in total. The molecule has 1 unspecified atom stereocenters. The lowest BCUT2D eigenvalue weighted by Gasteiger charge is -2.17. The highest BCUT2D eigenvalue weighted by molar-refractivity contribution is 5.86. The molecule has 0 saturated carbocycles. The van der Waals surface area contributed by atoms with Crippen LogP contribution in [0.1, 0.15) is 11.6 Å². The zero-order valence-electron chi connectivity index (χ0n) is 15.5. The molecule has 1 heterocycles. The van der Waals surface area contributed by atoms with E-state index < -0.39 is 17.7 Å². The first-order valence-corrected chi connectivity index (χ1v) is 8.96. The number of nitriles is 1. The first kappa shape index (κ1) is 18.5. The Labute approximate surface area is 166 Å². The Bertz CT molecular complexity index is 1170. The van der Waals surface area contributed by atoms with Gasteiger partial charge in [-0.2, -0.15) is 5.26 Å². The molecule has 1 atom stereocenters. The molecule has 0 spiro atoms. The van der Waals surface area contributed by atoms with Gasteiger partial charge in [-0.3, -0.25) is 0 Å². The summed E-state index contributed by atoms with van der Waals surface area (Å²) < 4.78 is 32.5. The Morgan fingerprint density at radius 1 is 1.00 bits per heavy atom. The summed E-state index contributed by atoms with van der Waals surface area (Å²) in [4.78, 5) is 3.10. The average molecular weight is 389 g/mol. The van der Waals surface area contributed by atoms with Crippen molar-refractivity contribution in [2.24, 2.45) is 0 Å². The van der Waals surface area contributed by atoms with Crippen molar-refractivity contribution in [3.05, 3.63) is 83.9 Å². The lowest BCUT2D eigenvalue weighted by molar-refractivity contribution is 0.416. The van der Waals surface area contributed by atoms with E-state index in [0.29, 0.717) is 28.0 Å². The summed E-state index contributed by atoms with van der Waals surface area (Å²) in [6.07, 6.45) is 0. The molecule has 3 aromatic carbocycles. The average Bonchev–Trinajstić information content (AvgIpc) is 3.15. The second kappa shape index (κ2) is 7.64. The predicted molar refractivity (Wildman–Crippen MR) is 109 cm³/mol. The van der Waals surface area contributed by atoms with Crippen LogP contribution >= 0.6 is 0 Å². The molecular formula is C23H17F2N3O. The fraction of sp³-hybridized carbons (Fsp3) is 0.0870. The number of nitrogens with one attached hydrogen (secondary N) is 2. The zero-order chi connectivity index (χ0) is 20.4. The van der Waals surface area contributed by atoms with Crippen LogP contribution in [-0.2, 0) is 0 Å². The maximum absolute atomic E-state index is 13.5. The Morgan fingerprint density at radius 2 is 1.76 bits per heavy atom. The van der Waals surface area contributed by atoms with Crippen LogP contribution in [0.3, 0.4) is 0 Å². The van der Waals surface area contributed by atoms with Crippen molar-refractivity contribution in [3.63, 3.8) is 0 Å². The van der Waals surface area contributed by atoms with Gasteiger partial charge >= 0.3 is 0 Å². The van der Waals surface area contributed by atoms with Gasteiger partial charge in [0.05, 0.1) is 18.9 Å². The third-order valence-electron chi connectivity index (χ3n) is 4.73. The van der Waals surface area contributed by atoms with Crippen molar-refractivity contribution in [3.8, 4) is 23.1 Å². The minimum absolute atomic E-state index is 0.503. The second-order valence-corrected chi connectivity index (χ2v) is 6.57. The fourth-order valence-electron chi connectivity index (χ4n) is 3.26. The SMILES string of the molecule is COc1ccc(-c2cc3cc(F)c(F)cc3[nH]2)cc1NC(C#N)c1ccccc1. The number of nitrogens with zero attached hydrogens (tertiary/aromatic N) is 1. The van der Waals surface area contributed by atoms with Gasteiger partial charge in [0.1, 0.15) is 11.8 Å². The van der Waals surface area contributed by atoms with Gasteiger partial charge in [-0.15, -0.1) is 0 Å². The highest BCUT2D eigenvalue weighted by atomic mass is 19.2. The number of fused-ring (bicyclic) bond motifs is 1. The number of H-pyrrole nitrogens is 1. The van der Waals surface area contributed by atoms with Crippen molar-refractivity contribution in [1.82, 2.24) is 4.98 Å². The Balaban J connectivity index is 1.73. The summed E-state index contributed by atoms with van der Waals surface area (Å²) in [6.45, 7) is 0. The van der Waals surface area contributed by atoms with Gasteiger partial charge in [0.25, 0.3) is 0 Å². The van der Waals surface area contributed by atoms with Gasteiger partial charge in [0.2, 0.25) is 0 Å². The zero-order valence-corrected chi connectivity index (χ0v) is 15.5. The second-order valence-electron chi connectivity index (χ2n) is 6.57. The number of methoxy groups -OCH3 is 1. The lowest BCUT2D eigenvalue weighted by Crippen LogP contribution is -2.09. The largest absolute Gasteiger partial charge is 0.495 e. The predicted octanol–water partition coefficient (Wildman–Crippen LogP) is 5.80. The number of aromatic amines is 1. The van der Waals surface area contributed by atoms with Gasteiger partial charge in [-0.1, -0.05) is 30.3 Å². The van der Waals surface area contributed by atoms with Crippen molar-refractivity contribution < 1.29 is 13.5 Å². The minimum atomic E-state index is -0.900. The van der Waals surface area contributed by atoms with Crippen LogP contribution < -0.4 is 10.1 Å². The number of halogens is 2. The van der Waals surface area contributed by atoms with E-state index >= 15 is 0 Å². The van der Waals surface area contributed by atoms with E-state index in [0.717, 1.165) is 23.3 Å². The molecule has 144 valence electrons. The van der Waals surface area contributed by atoms with Gasteiger partial charge in [0, 0.05) is 28.2 Å². The standard InChI is InChI=1S/C23H17F2N3O/c1-29-23-8-7-15(19-11-16-9-17(24)18(25)12-20(16)27-19)10-21(23)28-22(13-26)14-5-3-2-4-6-14/h2-12,22,27-28H,1H3. The van der Waals surface area contributed by atoms with E-state index in [1.54, 1.807) is 19.2 Å². The van der Waals surface area contributed by atoms with Gasteiger partial charge < -0.3 is 15.0 Å². The van der Waals surface area contributed by atoms with Gasteiger partial charge in [-0.05, 0) is 35.9 Å². The van der Waals surface area contributed by atoms with E-state index in [4.69, 9.17) is 4.74 Å². The molecule has 4 rings (SSSR count). The van der Waals surface area contributed by atoms with E-state index in [2.05, 4.69) is 16.4 Å². The Hall–Kier alpha value is -3.85. The van der Waals surface area contributed by atoms with E-state index in [1.807, 2.05) is 42.5 Å². The summed E-state index contributed by atoms with van der Waals surface area (Å²) in [5.74, 6) is -1.21. The van der Waals surface area contributed by atoms with Crippen LogP contribution in [0.4, 0.5) is 14.5 Å². The molecule has 4 nitrogen and oxygen atoms in total. The molecule has 0 aliphatic heterocycles. The summed E-state index contributed by atoms with van der Waals surface area (Å²) in [5, 5.41) is 13.4. The topological polar surface area (TPSA) is 60.8 Å². The number of anilines is 1. The van der Waals surface area contributed by atoms with Crippen LogP contribution in [0, 0.1) is 23.0 Å². The smallest absolute Gasteiger partial charge is 0.160 e. The number of ether oxygens (including phenoxy) is 1. The van der Waals surface area contributed by atoms with E-state index in [-0.39, 0.29) is 0 Å². The molecule has 1 aromatic heterocycles. The lowest BCUT2D eigenvalue weighted by atomic mass is 10.1. The third kappa shape index (κ3) is 3.63. The van der Waals surface area contributed by atoms with Crippen LogP contribution in [0.5, 0.6) is 5.75 Å². The van der Waals surface area contributed by atoms with Crippen molar-refractivity contribution in [2.75, 3.05) is 12.4 Å². The van der Waals surface area contributed by atoms with E-state index in [1.165, 1.54) is 0 Å². The van der Waals surface area contributed by atoms with Crippen molar-refractivity contribution >= 4 is 16.6 Å². The Morgan fingerprint density at radius 3 is 2.48 bits per heavy atom. The highest BCUT2D eigenvalue weighted by Gasteiger charge is 2.15. The number of aromatic nitrogens is 1. The maximum atomic E-state index is 13.5. The van der Waals surface area contributed by atoms with Gasteiger partial charge in [0.15, 0.2) is 11.6 Å². The molecule has 0 saturated heterocycles. The molecule has 29 heavy (non-hydrogen) atoms. The first-order chi connectivity index (χ1) is 14.1. The molecule has 0 bridgehead atoms. The number of rotatable bonds is 5. The molecule has 0 radical (unpaired) electrons. The van der Waals surface area contributed by atoms with Crippen LogP contribution in [-0.4, -0.2) is 12.1 Å². The molecular weight excluding hydrogens is 372 g/mol. The monoisotopic (exact) mass is 389 g/mol. The summed E-state index contributed by atoms with van der Waals surface area (Å²) in [7, 11) is 1.55. The number of hydrogen-bond acceptors (Lipinski definition) is 3. The highest BCUT2D eigenvalue weighted by Crippen LogP contribution is 2.34. The van der Waals surface area contributed by atoms with Crippen molar-refractivity contribution in [2.45, 2.75) is 6.04 Å². The Kier molecular flexibility index (Phi) is 4.88. The van der Waals surface area contributed by atoms with Crippen LogP contribution in [0.15, 0.2) is 66.7 Å². The van der Waals surface area contributed by atoms with Crippen LogP contribution in [0.25, 0.3) is 22.2 Å². The molecule has 6 heteroatoms. The van der Waals surface area contributed by atoms with E-state index in [9.17, 15) is 14.0 Å². The van der Waals surface area contributed by atoms with Crippen LogP contribution in [0.2, 0.25) is 0 Å². The van der Waals surface area contributed by atoms with Gasteiger partial charge in [-0.25, -0.2) is 8.78 Å². The minimum Gasteiger partial charge on any atom is -0.495 e. The molecule has 0 aliphatic rings. The third-order valence-corrected chi connectivity index (χ3v) is 4.73. The molecule has 0 aliphatic carbocycles. The van der Waals surface area contributed by atoms with Crippen molar-refractivity contribution in [1.29, 1.82) is 5.26 Å². The number of benzene rings is 3. The summed E-state index contributed by atoms with van der Waals surface area (Å²) in [6, 6.07) is 20.6. The summed E-state index contributed by atoms with van der Waals surface area (Å²) >= 11 is 0. The fourth-order valence-corrected chi connectivity index (χ4v) is 3.26.